The normalized spacial score (nSPS) is 14.9. The molecule has 4 aromatic rings. The van der Waals surface area contributed by atoms with Crippen molar-refractivity contribution in [1.82, 2.24) is 15.1 Å². The first-order valence-corrected chi connectivity index (χ1v) is 10.5. The quantitative estimate of drug-likeness (QED) is 0.457. The van der Waals surface area contributed by atoms with E-state index in [9.17, 15) is 9.18 Å². The zero-order valence-electron chi connectivity index (χ0n) is 18.2. The molecular weight excluding hydrogens is 421 g/mol. The molecule has 1 atom stereocenters. The third-order valence-corrected chi connectivity index (χ3v) is 5.92. The molecule has 0 fully saturated rings. The van der Waals surface area contributed by atoms with Crippen LogP contribution in [0.25, 0.3) is 11.3 Å². The minimum absolute atomic E-state index is 0.151. The van der Waals surface area contributed by atoms with E-state index >= 15 is 0 Å². The molecule has 1 aliphatic heterocycles. The number of carbonyl (C=O) groups is 1. The van der Waals surface area contributed by atoms with Crippen LogP contribution in [-0.2, 0) is 6.54 Å². The Morgan fingerprint density at radius 2 is 1.52 bits per heavy atom. The lowest BCUT2D eigenvalue weighted by Crippen LogP contribution is -2.29. The molecule has 33 heavy (non-hydrogen) atoms. The van der Waals surface area contributed by atoms with E-state index in [0.29, 0.717) is 17.9 Å². The van der Waals surface area contributed by atoms with Crippen LogP contribution in [0.2, 0.25) is 0 Å². The molecule has 6 nitrogen and oxygen atoms in total. The third-order valence-electron chi connectivity index (χ3n) is 5.92. The number of H-pyrrole nitrogens is 1. The topological polar surface area (TPSA) is 67.5 Å². The second-order valence-corrected chi connectivity index (χ2v) is 7.82. The predicted octanol–water partition coefficient (Wildman–Crippen LogP) is 4.98. The Morgan fingerprint density at radius 1 is 0.909 bits per heavy atom. The van der Waals surface area contributed by atoms with Gasteiger partial charge in [0, 0.05) is 17.7 Å². The summed E-state index contributed by atoms with van der Waals surface area (Å²) in [6.07, 6.45) is 0. The van der Waals surface area contributed by atoms with Gasteiger partial charge in [-0.2, -0.15) is 5.10 Å². The van der Waals surface area contributed by atoms with Gasteiger partial charge in [-0.05, 0) is 59.7 Å². The van der Waals surface area contributed by atoms with Crippen LogP contribution in [0.15, 0.2) is 72.8 Å². The summed E-state index contributed by atoms with van der Waals surface area (Å²) in [4.78, 5) is 15.2. The standard InChI is InChI=1S/C26H22FN3O3/c1-32-20-11-5-17(6-12-20)23-22-24(29-28-23)26(31)30(15-16-3-9-19(27)10-4-16)25(22)18-7-13-21(33-2)14-8-18/h3-14,25H,15H2,1-2H3,(H,28,29). The number of rotatable bonds is 6. The summed E-state index contributed by atoms with van der Waals surface area (Å²) in [6.45, 7) is 0.334. The Morgan fingerprint density at radius 3 is 2.12 bits per heavy atom. The van der Waals surface area contributed by atoms with Gasteiger partial charge in [-0.3, -0.25) is 9.89 Å². The monoisotopic (exact) mass is 443 g/mol. The minimum Gasteiger partial charge on any atom is -0.497 e. The fraction of sp³-hybridized carbons (Fsp3) is 0.154. The number of halogens is 1. The molecule has 1 unspecified atom stereocenters. The van der Waals surface area contributed by atoms with Crippen LogP contribution in [0, 0.1) is 5.82 Å². The number of amides is 1. The number of hydrogen-bond acceptors (Lipinski definition) is 4. The van der Waals surface area contributed by atoms with E-state index in [-0.39, 0.29) is 17.8 Å². The number of carbonyl (C=O) groups excluding carboxylic acids is 1. The molecule has 1 aromatic heterocycles. The molecule has 5 rings (SSSR count). The Labute approximate surface area is 190 Å². The van der Waals surface area contributed by atoms with Gasteiger partial charge in [0.15, 0.2) is 0 Å². The van der Waals surface area contributed by atoms with E-state index in [1.54, 1.807) is 31.3 Å². The van der Waals surface area contributed by atoms with E-state index in [2.05, 4.69) is 10.2 Å². The molecule has 0 saturated heterocycles. The van der Waals surface area contributed by atoms with Gasteiger partial charge >= 0.3 is 0 Å². The largest absolute Gasteiger partial charge is 0.497 e. The van der Waals surface area contributed by atoms with Gasteiger partial charge in [0.2, 0.25) is 0 Å². The fourth-order valence-electron chi connectivity index (χ4n) is 4.25. The van der Waals surface area contributed by atoms with Crippen molar-refractivity contribution in [2.75, 3.05) is 14.2 Å². The van der Waals surface area contributed by atoms with E-state index in [1.165, 1.54) is 12.1 Å². The summed E-state index contributed by atoms with van der Waals surface area (Å²) in [7, 11) is 3.23. The second kappa shape index (κ2) is 8.43. The average Bonchev–Trinajstić information content (AvgIpc) is 3.40. The number of nitrogens with zero attached hydrogens (tertiary/aromatic N) is 2. The third kappa shape index (κ3) is 3.71. The highest BCUT2D eigenvalue weighted by molar-refractivity contribution is 6.00. The maximum absolute atomic E-state index is 13.5. The van der Waals surface area contributed by atoms with Crippen molar-refractivity contribution in [3.05, 3.63) is 101 Å². The van der Waals surface area contributed by atoms with Crippen LogP contribution >= 0.6 is 0 Å². The molecule has 7 heteroatoms. The fourth-order valence-corrected chi connectivity index (χ4v) is 4.25. The highest BCUT2D eigenvalue weighted by Crippen LogP contribution is 2.43. The molecule has 1 amide bonds. The number of benzene rings is 3. The number of hydrogen-bond donors (Lipinski definition) is 1. The molecular formula is C26H22FN3O3. The molecule has 1 aliphatic rings. The lowest BCUT2D eigenvalue weighted by Gasteiger charge is -2.26. The maximum Gasteiger partial charge on any atom is 0.273 e. The Kier molecular flexibility index (Phi) is 5.30. The van der Waals surface area contributed by atoms with Crippen LogP contribution in [-0.4, -0.2) is 35.2 Å². The van der Waals surface area contributed by atoms with Gasteiger partial charge in [0.25, 0.3) is 5.91 Å². The first kappa shape index (κ1) is 20.8. The van der Waals surface area contributed by atoms with Crippen molar-refractivity contribution in [1.29, 1.82) is 0 Å². The van der Waals surface area contributed by atoms with Gasteiger partial charge in [0.1, 0.15) is 23.0 Å². The highest BCUT2D eigenvalue weighted by atomic mass is 19.1. The number of methoxy groups -OCH3 is 2. The molecule has 1 N–H and O–H groups in total. The van der Waals surface area contributed by atoms with Crippen molar-refractivity contribution < 1.29 is 18.7 Å². The van der Waals surface area contributed by atoms with E-state index in [4.69, 9.17) is 9.47 Å². The Bertz CT molecular complexity index is 1280. The summed E-state index contributed by atoms with van der Waals surface area (Å²) in [6, 6.07) is 21.1. The predicted molar refractivity (Wildman–Crippen MR) is 122 cm³/mol. The van der Waals surface area contributed by atoms with Crippen LogP contribution in [0.4, 0.5) is 4.39 Å². The zero-order valence-corrected chi connectivity index (χ0v) is 18.2. The van der Waals surface area contributed by atoms with Crippen molar-refractivity contribution in [3.63, 3.8) is 0 Å². The summed E-state index contributed by atoms with van der Waals surface area (Å²) >= 11 is 0. The summed E-state index contributed by atoms with van der Waals surface area (Å²) < 4.78 is 24.0. The molecule has 0 saturated carbocycles. The molecule has 0 radical (unpaired) electrons. The van der Waals surface area contributed by atoms with E-state index < -0.39 is 0 Å². The van der Waals surface area contributed by atoms with Crippen molar-refractivity contribution >= 4 is 5.91 Å². The van der Waals surface area contributed by atoms with Crippen LogP contribution < -0.4 is 9.47 Å². The molecule has 0 aliphatic carbocycles. The second-order valence-electron chi connectivity index (χ2n) is 7.82. The maximum atomic E-state index is 13.5. The molecule has 166 valence electrons. The van der Waals surface area contributed by atoms with Crippen molar-refractivity contribution in [3.8, 4) is 22.8 Å². The molecule has 0 bridgehead atoms. The summed E-state index contributed by atoms with van der Waals surface area (Å²) in [5.41, 5.74) is 4.64. The van der Waals surface area contributed by atoms with Crippen molar-refractivity contribution in [2.45, 2.75) is 12.6 Å². The van der Waals surface area contributed by atoms with Crippen LogP contribution in [0.5, 0.6) is 11.5 Å². The van der Waals surface area contributed by atoms with Crippen LogP contribution in [0.1, 0.15) is 33.2 Å². The number of ether oxygens (including phenoxy) is 2. The van der Waals surface area contributed by atoms with Gasteiger partial charge in [-0.25, -0.2) is 4.39 Å². The number of nitrogens with one attached hydrogen (secondary N) is 1. The number of aromatic amines is 1. The molecule has 0 spiro atoms. The summed E-state index contributed by atoms with van der Waals surface area (Å²) in [5, 5.41) is 7.44. The average molecular weight is 443 g/mol. The molecule has 2 heterocycles. The van der Waals surface area contributed by atoms with Crippen LogP contribution in [0.3, 0.4) is 0 Å². The Hall–Kier alpha value is -4.13. The van der Waals surface area contributed by atoms with Crippen molar-refractivity contribution in [2.24, 2.45) is 0 Å². The smallest absolute Gasteiger partial charge is 0.273 e. The molecule has 3 aromatic carbocycles. The lowest BCUT2D eigenvalue weighted by atomic mass is 9.95. The van der Waals surface area contributed by atoms with Gasteiger partial charge in [0.05, 0.1) is 26.0 Å². The van der Waals surface area contributed by atoms with Gasteiger partial charge in [-0.1, -0.05) is 24.3 Å². The Balaban J connectivity index is 1.61. The first-order chi connectivity index (χ1) is 16.1. The first-order valence-electron chi connectivity index (χ1n) is 10.5. The zero-order chi connectivity index (χ0) is 22.9. The lowest BCUT2D eigenvalue weighted by molar-refractivity contribution is 0.0730. The van der Waals surface area contributed by atoms with E-state index in [1.807, 2.05) is 48.5 Å². The van der Waals surface area contributed by atoms with Gasteiger partial charge in [-0.15, -0.1) is 0 Å². The summed E-state index contributed by atoms with van der Waals surface area (Å²) in [5.74, 6) is 1.01. The minimum atomic E-state index is -0.362. The number of fused-ring (bicyclic) bond motifs is 1. The van der Waals surface area contributed by atoms with E-state index in [0.717, 1.165) is 33.8 Å². The SMILES string of the molecule is COc1ccc(-c2n[nH]c3c2C(c2ccc(OC)cc2)N(Cc2ccc(F)cc2)C3=O)cc1. The highest BCUT2D eigenvalue weighted by Gasteiger charge is 2.42. The number of aromatic nitrogens is 2. The van der Waals surface area contributed by atoms with Gasteiger partial charge < -0.3 is 14.4 Å².